The first-order valence-electron chi connectivity index (χ1n) is 8.65. The van der Waals surface area contributed by atoms with Crippen LogP contribution in [0, 0.1) is 5.82 Å². The zero-order chi connectivity index (χ0) is 19.9. The molecule has 3 aromatic rings. The van der Waals surface area contributed by atoms with Crippen LogP contribution in [0.5, 0.6) is 11.5 Å². The van der Waals surface area contributed by atoms with Crippen LogP contribution < -0.4 is 14.8 Å². The second-order valence-electron chi connectivity index (χ2n) is 5.97. The molecule has 8 heteroatoms. The maximum Gasteiger partial charge on any atom is 0.227 e. The van der Waals surface area contributed by atoms with Gasteiger partial charge in [0.05, 0.1) is 14.2 Å². The largest absolute Gasteiger partial charge is 0.497 e. The Morgan fingerprint density at radius 2 is 1.93 bits per heavy atom. The SMILES string of the molecule is COc1ccc(OC)c(CNC(=O)CCc2nc(-c3ccc(F)cc3)no2)c1. The van der Waals surface area contributed by atoms with Crippen molar-refractivity contribution < 1.29 is 23.2 Å². The molecule has 0 radical (unpaired) electrons. The molecule has 0 aliphatic rings. The van der Waals surface area contributed by atoms with Crippen LogP contribution >= 0.6 is 0 Å². The molecule has 0 saturated carbocycles. The normalized spacial score (nSPS) is 10.5. The van der Waals surface area contributed by atoms with Gasteiger partial charge in [0.1, 0.15) is 17.3 Å². The summed E-state index contributed by atoms with van der Waals surface area (Å²) in [5.41, 5.74) is 1.46. The van der Waals surface area contributed by atoms with Crippen LogP contribution in [-0.4, -0.2) is 30.3 Å². The van der Waals surface area contributed by atoms with E-state index in [1.807, 2.05) is 6.07 Å². The summed E-state index contributed by atoms with van der Waals surface area (Å²) < 4.78 is 28.6. The summed E-state index contributed by atoms with van der Waals surface area (Å²) in [6.07, 6.45) is 0.493. The van der Waals surface area contributed by atoms with Crippen molar-refractivity contribution in [1.82, 2.24) is 15.5 Å². The molecule has 0 bridgehead atoms. The van der Waals surface area contributed by atoms with Gasteiger partial charge in [0.2, 0.25) is 17.6 Å². The maximum absolute atomic E-state index is 13.0. The van der Waals surface area contributed by atoms with E-state index < -0.39 is 0 Å². The lowest BCUT2D eigenvalue weighted by molar-refractivity contribution is -0.121. The van der Waals surface area contributed by atoms with E-state index in [4.69, 9.17) is 14.0 Å². The standard InChI is InChI=1S/C20H20FN3O4/c1-26-16-7-8-17(27-2)14(11-16)12-22-18(25)9-10-19-23-20(24-28-19)13-3-5-15(21)6-4-13/h3-8,11H,9-10,12H2,1-2H3,(H,22,25). The van der Waals surface area contributed by atoms with E-state index in [9.17, 15) is 9.18 Å². The van der Waals surface area contributed by atoms with Crippen molar-refractivity contribution in [1.29, 1.82) is 0 Å². The Morgan fingerprint density at radius 3 is 2.64 bits per heavy atom. The van der Waals surface area contributed by atoms with Crippen LogP contribution in [0.1, 0.15) is 17.9 Å². The lowest BCUT2D eigenvalue weighted by atomic mass is 10.2. The second kappa shape index (κ2) is 8.98. The molecule has 1 aromatic heterocycles. The van der Waals surface area contributed by atoms with E-state index >= 15 is 0 Å². The number of aromatic nitrogens is 2. The van der Waals surface area contributed by atoms with Gasteiger partial charge >= 0.3 is 0 Å². The van der Waals surface area contributed by atoms with Crippen LogP contribution in [-0.2, 0) is 17.8 Å². The molecule has 0 aliphatic carbocycles. The van der Waals surface area contributed by atoms with E-state index in [1.54, 1.807) is 38.5 Å². The number of methoxy groups -OCH3 is 2. The first kappa shape index (κ1) is 19.3. The van der Waals surface area contributed by atoms with Gasteiger partial charge in [0.15, 0.2) is 0 Å². The van der Waals surface area contributed by atoms with Gasteiger partial charge in [-0.25, -0.2) is 4.39 Å². The maximum atomic E-state index is 13.0. The first-order valence-corrected chi connectivity index (χ1v) is 8.65. The van der Waals surface area contributed by atoms with Crippen molar-refractivity contribution in [3.63, 3.8) is 0 Å². The smallest absolute Gasteiger partial charge is 0.227 e. The molecular weight excluding hydrogens is 365 g/mol. The van der Waals surface area contributed by atoms with E-state index in [2.05, 4.69) is 15.5 Å². The minimum absolute atomic E-state index is 0.161. The summed E-state index contributed by atoms with van der Waals surface area (Å²) in [6, 6.07) is 11.2. The number of rotatable bonds is 8. The molecule has 146 valence electrons. The number of nitrogens with zero attached hydrogens (tertiary/aromatic N) is 2. The average Bonchev–Trinajstić information content (AvgIpc) is 3.20. The molecular formula is C20H20FN3O4. The van der Waals surface area contributed by atoms with Crippen molar-refractivity contribution in [3.8, 4) is 22.9 Å². The van der Waals surface area contributed by atoms with E-state index in [-0.39, 0.29) is 18.1 Å². The van der Waals surface area contributed by atoms with Gasteiger partial charge in [-0.15, -0.1) is 0 Å². The van der Waals surface area contributed by atoms with Crippen LogP contribution in [0.2, 0.25) is 0 Å². The molecule has 1 N–H and O–H groups in total. The quantitative estimate of drug-likeness (QED) is 0.641. The number of halogens is 1. The summed E-state index contributed by atoms with van der Waals surface area (Å²) in [5, 5.41) is 6.69. The lowest BCUT2D eigenvalue weighted by Gasteiger charge is -2.11. The summed E-state index contributed by atoms with van der Waals surface area (Å²) in [5.74, 6) is 1.55. The van der Waals surface area contributed by atoms with Gasteiger partial charge in [-0.2, -0.15) is 4.98 Å². The summed E-state index contributed by atoms with van der Waals surface area (Å²) in [6.45, 7) is 0.309. The number of hydrogen-bond donors (Lipinski definition) is 1. The van der Waals surface area contributed by atoms with Gasteiger partial charge in [-0.05, 0) is 42.5 Å². The monoisotopic (exact) mass is 385 g/mol. The van der Waals surface area contributed by atoms with Crippen LogP contribution in [0.25, 0.3) is 11.4 Å². The van der Waals surface area contributed by atoms with Gasteiger partial charge in [0.25, 0.3) is 0 Å². The molecule has 7 nitrogen and oxygen atoms in total. The zero-order valence-electron chi connectivity index (χ0n) is 15.6. The molecule has 0 saturated heterocycles. The number of nitrogens with one attached hydrogen (secondary N) is 1. The van der Waals surface area contributed by atoms with Crippen molar-refractivity contribution >= 4 is 5.91 Å². The Balaban J connectivity index is 1.53. The molecule has 0 fully saturated rings. The third-order valence-corrected chi connectivity index (χ3v) is 4.10. The Hall–Kier alpha value is -3.42. The summed E-state index contributed by atoms with van der Waals surface area (Å²) in [7, 11) is 3.15. The minimum atomic E-state index is -0.336. The number of carbonyl (C=O) groups excluding carboxylic acids is 1. The molecule has 1 heterocycles. The number of carbonyl (C=O) groups is 1. The summed E-state index contributed by atoms with van der Waals surface area (Å²) in [4.78, 5) is 16.4. The molecule has 0 spiro atoms. The average molecular weight is 385 g/mol. The molecule has 0 atom stereocenters. The van der Waals surface area contributed by atoms with Crippen molar-refractivity contribution in [2.24, 2.45) is 0 Å². The number of hydrogen-bond acceptors (Lipinski definition) is 6. The topological polar surface area (TPSA) is 86.5 Å². The zero-order valence-corrected chi connectivity index (χ0v) is 15.6. The Morgan fingerprint density at radius 1 is 1.14 bits per heavy atom. The van der Waals surface area contributed by atoms with Crippen molar-refractivity contribution in [3.05, 3.63) is 59.7 Å². The first-order chi connectivity index (χ1) is 13.6. The van der Waals surface area contributed by atoms with Gasteiger partial charge in [-0.1, -0.05) is 5.16 Å². The molecule has 0 unspecified atom stereocenters. The van der Waals surface area contributed by atoms with E-state index in [0.29, 0.717) is 41.7 Å². The fourth-order valence-corrected chi connectivity index (χ4v) is 2.60. The fraction of sp³-hybridized carbons (Fsp3) is 0.250. The predicted octanol–water partition coefficient (Wildman–Crippen LogP) is 3.14. The van der Waals surface area contributed by atoms with E-state index in [0.717, 1.165) is 5.56 Å². The molecule has 1 amide bonds. The number of ether oxygens (including phenoxy) is 2. The highest BCUT2D eigenvalue weighted by Gasteiger charge is 2.12. The third-order valence-electron chi connectivity index (χ3n) is 4.10. The van der Waals surface area contributed by atoms with Gasteiger partial charge in [-0.3, -0.25) is 4.79 Å². The third kappa shape index (κ3) is 4.85. The molecule has 2 aromatic carbocycles. The second-order valence-corrected chi connectivity index (χ2v) is 5.97. The highest BCUT2D eigenvalue weighted by molar-refractivity contribution is 5.76. The van der Waals surface area contributed by atoms with Crippen molar-refractivity contribution in [2.75, 3.05) is 14.2 Å². The Kier molecular flexibility index (Phi) is 6.21. The lowest BCUT2D eigenvalue weighted by Crippen LogP contribution is -2.23. The van der Waals surface area contributed by atoms with Gasteiger partial charge < -0.3 is 19.3 Å². The Bertz CT molecular complexity index is 941. The summed E-state index contributed by atoms with van der Waals surface area (Å²) >= 11 is 0. The van der Waals surface area contributed by atoms with E-state index in [1.165, 1.54) is 12.1 Å². The van der Waals surface area contributed by atoms with Crippen molar-refractivity contribution in [2.45, 2.75) is 19.4 Å². The Labute approximate surface area is 161 Å². The predicted molar refractivity (Wildman–Crippen MR) is 99.4 cm³/mol. The minimum Gasteiger partial charge on any atom is -0.497 e. The van der Waals surface area contributed by atoms with Crippen LogP contribution in [0.4, 0.5) is 4.39 Å². The van der Waals surface area contributed by atoms with Gasteiger partial charge in [0, 0.05) is 30.5 Å². The van der Waals surface area contributed by atoms with Crippen LogP contribution in [0.3, 0.4) is 0 Å². The molecule has 3 rings (SSSR count). The number of amides is 1. The molecule has 0 aliphatic heterocycles. The fourth-order valence-electron chi connectivity index (χ4n) is 2.60. The molecule has 28 heavy (non-hydrogen) atoms. The highest BCUT2D eigenvalue weighted by atomic mass is 19.1. The number of benzene rings is 2. The van der Waals surface area contributed by atoms with Crippen LogP contribution in [0.15, 0.2) is 47.0 Å². The number of aryl methyl sites for hydroxylation is 1. The highest BCUT2D eigenvalue weighted by Crippen LogP contribution is 2.23.